The third kappa shape index (κ3) is 4.52. The van der Waals surface area contributed by atoms with Crippen LogP contribution in [0.3, 0.4) is 0 Å². The van der Waals surface area contributed by atoms with Gasteiger partial charge in [0, 0.05) is 18.8 Å². The minimum Gasteiger partial charge on any atom is -0.381 e. The summed E-state index contributed by atoms with van der Waals surface area (Å²) in [4.78, 5) is 0. The van der Waals surface area contributed by atoms with E-state index in [0.717, 1.165) is 25.6 Å². The first-order valence-corrected chi connectivity index (χ1v) is 6.42. The molecule has 0 radical (unpaired) electrons. The SMILES string of the molecule is CCC1CCC(N)(CCOCC(C)C)C1. The molecule has 1 fully saturated rings. The maximum absolute atomic E-state index is 6.36. The number of rotatable bonds is 6. The van der Waals surface area contributed by atoms with Crippen molar-refractivity contribution in [3.63, 3.8) is 0 Å². The van der Waals surface area contributed by atoms with Gasteiger partial charge >= 0.3 is 0 Å². The Morgan fingerprint density at radius 3 is 2.73 bits per heavy atom. The highest BCUT2D eigenvalue weighted by Crippen LogP contribution is 2.36. The van der Waals surface area contributed by atoms with Crippen molar-refractivity contribution >= 4 is 0 Å². The lowest BCUT2D eigenvalue weighted by molar-refractivity contribution is 0.0931. The van der Waals surface area contributed by atoms with E-state index in [1.807, 2.05) is 0 Å². The van der Waals surface area contributed by atoms with Crippen LogP contribution in [0.15, 0.2) is 0 Å². The van der Waals surface area contributed by atoms with Crippen LogP contribution < -0.4 is 5.73 Å². The number of ether oxygens (including phenoxy) is 1. The van der Waals surface area contributed by atoms with E-state index in [1.165, 1.54) is 25.7 Å². The van der Waals surface area contributed by atoms with Crippen LogP contribution in [0.2, 0.25) is 0 Å². The van der Waals surface area contributed by atoms with Crippen molar-refractivity contribution in [3.05, 3.63) is 0 Å². The second kappa shape index (κ2) is 5.86. The van der Waals surface area contributed by atoms with Crippen molar-refractivity contribution in [2.24, 2.45) is 17.6 Å². The highest BCUT2D eigenvalue weighted by Gasteiger charge is 2.34. The van der Waals surface area contributed by atoms with Crippen molar-refractivity contribution in [3.8, 4) is 0 Å². The Morgan fingerprint density at radius 2 is 2.20 bits per heavy atom. The minimum absolute atomic E-state index is 0.0810. The van der Waals surface area contributed by atoms with Gasteiger partial charge in [0.2, 0.25) is 0 Å². The molecule has 2 nitrogen and oxygen atoms in total. The van der Waals surface area contributed by atoms with Gasteiger partial charge in [0.15, 0.2) is 0 Å². The first kappa shape index (κ1) is 13.0. The van der Waals surface area contributed by atoms with Gasteiger partial charge in [-0.2, -0.15) is 0 Å². The van der Waals surface area contributed by atoms with Crippen LogP contribution in [0.1, 0.15) is 52.9 Å². The van der Waals surface area contributed by atoms with Gasteiger partial charge in [-0.15, -0.1) is 0 Å². The predicted octanol–water partition coefficient (Wildman–Crippen LogP) is 2.96. The summed E-state index contributed by atoms with van der Waals surface area (Å²) >= 11 is 0. The molecule has 0 aromatic heterocycles. The molecule has 0 spiro atoms. The molecule has 0 aliphatic heterocycles. The molecule has 1 aliphatic carbocycles. The summed E-state index contributed by atoms with van der Waals surface area (Å²) in [5, 5.41) is 0. The topological polar surface area (TPSA) is 35.2 Å². The normalized spacial score (nSPS) is 31.4. The molecule has 1 rings (SSSR count). The lowest BCUT2D eigenvalue weighted by Crippen LogP contribution is -2.38. The van der Waals surface area contributed by atoms with Gasteiger partial charge in [0.05, 0.1) is 0 Å². The van der Waals surface area contributed by atoms with Gasteiger partial charge in [-0.3, -0.25) is 0 Å². The Labute approximate surface area is 94.6 Å². The van der Waals surface area contributed by atoms with E-state index < -0.39 is 0 Å². The number of hydrogen-bond acceptors (Lipinski definition) is 2. The molecule has 2 heteroatoms. The lowest BCUT2D eigenvalue weighted by atomic mass is 9.93. The summed E-state index contributed by atoms with van der Waals surface area (Å²) < 4.78 is 5.61. The summed E-state index contributed by atoms with van der Waals surface area (Å²) in [6.45, 7) is 8.34. The van der Waals surface area contributed by atoms with Crippen LogP contribution in [-0.2, 0) is 4.74 Å². The molecule has 0 bridgehead atoms. The summed E-state index contributed by atoms with van der Waals surface area (Å²) in [7, 11) is 0. The van der Waals surface area contributed by atoms with Crippen molar-refractivity contribution in [1.29, 1.82) is 0 Å². The van der Waals surface area contributed by atoms with E-state index in [0.29, 0.717) is 5.92 Å². The summed E-state index contributed by atoms with van der Waals surface area (Å²) in [6.07, 6.45) is 6.03. The zero-order chi connectivity index (χ0) is 11.3. The molecule has 90 valence electrons. The molecule has 1 aliphatic rings. The van der Waals surface area contributed by atoms with Crippen molar-refractivity contribution < 1.29 is 4.74 Å². The Kier molecular flexibility index (Phi) is 5.07. The maximum atomic E-state index is 6.36. The summed E-state index contributed by atoms with van der Waals surface area (Å²) in [6, 6.07) is 0. The number of hydrogen-bond donors (Lipinski definition) is 1. The first-order chi connectivity index (χ1) is 7.06. The standard InChI is InChI=1S/C13H27NO/c1-4-12-5-6-13(14,9-12)7-8-15-10-11(2)3/h11-12H,4-10,14H2,1-3H3. The highest BCUT2D eigenvalue weighted by atomic mass is 16.5. The van der Waals surface area contributed by atoms with Gasteiger partial charge in [0.1, 0.15) is 0 Å². The molecule has 2 atom stereocenters. The van der Waals surface area contributed by atoms with Crippen LogP contribution in [0.25, 0.3) is 0 Å². The Morgan fingerprint density at radius 1 is 1.47 bits per heavy atom. The van der Waals surface area contributed by atoms with E-state index >= 15 is 0 Å². The van der Waals surface area contributed by atoms with Gasteiger partial charge in [0.25, 0.3) is 0 Å². The van der Waals surface area contributed by atoms with Crippen LogP contribution in [0.5, 0.6) is 0 Å². The maximum Gasteiger partial charge on any atom is 0.0489 e. The van der Waals surface area contributed by atoms with Crippen LogP contribution in [-0.4, -0.2) is 18.8 Å². The van der Waals surface area contributed by atoms with Gasteiger partial charge in [-0.05, 0) is 37.5 Å². The van der Waals surface area contributed by atoms with Crippen molar-refractivity contribution in [2.45, 2.75) is 58.4 Å². The highest BCUT2D eigenvalue weighted by molar-refractivity contribution is 4.92. The zero-order valence-electron chi connectivity index (χ0n) is 10.6. The lowest BCUT2D eigenvalue weighted by Gasteiger charge is -2.24. The van der Waals surface area contributed by atoms with E-state index in [-0.39, 0.29) is 5.54 Å². The van der Waals surface area contributed by atoms with E-state index in [9.17, 15) is 0 Å². The number of nitrogens with two attached hydrogens (primary N) is 1. The molecular weight excluding hydrogens is 186 g/mol. The average molecular weight is 213 g/mol. The van der Waals surface area contributed by atoms with Gasteiger partial charge in [-0.25, -0.2) is 0 Å². The molecule has 1 saturated carbocycles. The largest absolute Gasteiger partial charge is 0.381 e. The molecule has 0 aromatic rings. The average Bonchev–Trinajstić information content (AvgIpc) is 2.56. The summed E-state index contributed by atoms with van der Waals surface area (Å²) in [5.41, 5.74) is 6.44. The first-order valence-electron chi connectivity index (χ1n) is 6.42. The van der Waals surface area contributed by atoms with Crippen molar-refractivity contribution in [1.82, 2.24) is 0 Å². The monoisotopic (exact) mass is 213 g/mol. The fraction of sp³-hybridized carbons (Fsp3) is 1.00. The molecule has 0 saturated heterocycles. The van der Waals surface area contributed by atoms with Crippen LogP contribution in [0, 0.1) is 11.8 Å². The fourth-order valence-electron chi connectivity index (χ4n) is 2.44. The van der Waals surface area contributed by atoms with Gasteiger partial charge in [-0.1, -0.05) is 27.2 Å². The van der Waals surface area contributed by atoms with Crippen LogP contribution >= 0.6 is 0 Å². The third-order valence-electron chi connectivity index (χ3n) is 3.52. The van der Waals surface area contributed by atoms with E-state index in [2.05, 4.69) is 20.8 Å². The Balaban J connectivity index is 2.15. The fourth-order valence-corrected chi connectivity index (χ4v) is 2.44. The molecular formula is C13H27NO. The zero-order valence-corrected chi connectivity index (χ0v) is 10.6. The molecule has 0 amide bonds. The summed E-state index contributed by atoms with van der Waals surface area (Å²) in [5.74, 6) is 1.49. The molecule has 0 aromatic carbocycles. The van der Waals surface area contributed by atoms with Gasteiger partial charge < -0.3 is 10.5 Å². The Hall–Kier alpha value is -0.0800. The van der Waals surface area contributed by atoms with Crippen molar-refractivity contribution in [2.75, 3.05) is 13.2 Å². The third-order valence-corrected chi connectivity index (χ3v) is 3.52. The molecule has 0 heterocycles. The Bertz CT molecular complexity index is 181. The second-order valence-corrected chi connectivity index (χ2v) is 5.60. The molecule has 2 unspecified atom stereocenters. The quantitative estimate of drug-likeness (QED) is 0.688. The molecule has 2 N–H and O–H groups in total. The molecule has 15 heavy (non-hydrogen) atoms. The smallest absolute Gasteiger partial charge is 0.0489 e. The van der Waals surface area contributed by atoms with E-state index in [1.54, 1.807) is 0 Å². The second-order valence-electron chi connectivity index (χ2n) is 5.60. The van der Waals surface area contributed by atoms with E-state index in [4.69, 9.17) is 10.5 Å². The van der Waals surface area contributed by atoms with Crippen LogP contribution in [0.4, 0.5) is 0 Å². The predicted molar refractivity (Wildman–Crippen MR) is 64.8 cm³/mol. The minimum atomic E-state index is 0.0810.